The first-order valence-corrected chi connectivity index (χ1v) is 3.77. The zero-order valence-electron chi connectivity index (χ0n) is 6.97. The largest absolute Gasteiger partial charge is 0.461 e. The lowest BCUT2D eigenvalue weighted by molar-refractivity contribution is 0.578. The van der Waals surface area contributed by atoms with Gasteiger partial charge in [-0.25, -0.2) is 0 Å². The molecular formula is C9H9NO2. The van der Waals surface area contributed by atoms with Crippen molar-refractivity contribution in [3.63, 3.8) is 0 Å². The molecule has 3 heteroatoms. The summed E-state index contributed by atoms with van der Waals surface area (Å²) in [4.78, 5) is 14.0. The maximum atomic E-state index is 11.3. The van der Waals surface area contributed by atoms with Gasteiger partial charge in [0.25, 0.3) is 5.56 Å². The molecule has 2 aromatic heterocycles. The highest BCUT2D eigenvalue weighted by atomic mass is 16.3. The van der Waals surface area contributed by atoms with E-state index in [1.807, 2.05) is 19.9 Å². The Hall–Kier alpha value is -1.51. The quantitative estimate of drug-likeness (QED) is 0.643. The number of H-pyrrole nitrogens is 1. The standard InChI is InChI=1S/C9H9NO2/c1-5-3-8-7(9(11)10-5)4-6(2)12-8/h3-4H,1-2H3,(H,10,11). The van der Waals surface area contributed by atoms with E-state index in [2.05, 4.69) is 4.98 Å². The molecule has 12 heavy (non-hydrogen) atoms. The number of aromatic amines is 1. The second kappa shape index (κ2) is 2.24. The van der Waals surface area contributed by atoms with Crippen molar-refractivity contribution in [1.82, 2.24) is 4.98 Å². The molecule has 0 saturated carbocycles. The molecule has 0 spiro atoms. The Balaban J connectivity index is 2.98. The van der Waals surface area contributed by atoms with E-state index in [1.54, 1.807) is 6.07 Å². The van der Waals surface area contributed by atoms with E-state index in [0.29, 0.717) is 11.0 Å². The number of aryl methyl sites for hydroxylation is 2. The van der Waals surface area contributed by atoms with E-state index in [9.17, 15) is 4.79 Å². The van der Waals surface area contributed by atoms with Gasteiger partial charge in [0.05, 0.1) is 5.39 Å². The van der Waals surface area contributed by atoms with Crippen molar-refractivity contribution in [1.29, 1.82) is 0 Å². The average molecular weight is 163 g/mol. The second-order valence-electron chi connectivity index (χ2n) is 2.92. The van der Waals surface area contributed by atoms with Gasteiger partial charge in [-0.1, -0.05) is 0 Å². The Morgan fingerprint density at radius 2 is 2.08 bits per heavy atom. The summed E-state index contributed by atoms with van der Waals surface area (Å²) in [6.07, 6.45) is 0. The second-order valence-corrected chi connectivity index (χ2v) is 2.92. The van der Waals surface area contributed by atoms with Gasteiger partial charge in [-0.3, -0.25) is 4.79 Å². The zero-order valence-corrected chi connectivity index (χ0v) is 6.97. The number of fused-ring (bicyclic) bond motifs is 1. The van der Waals surface area contributed by atoms with Crippen molar-refractivity contribution in [3.05, 3.63) is 33.9 Å². The predicted octanol–water partition coefficient (Wildman–Crippen LogP) is 1.74. The molecule has 0 amide bonds. The Kier molecular flexibility index (Phi) is 1.33. The third-order valence-corrected chi connectivity index (χ3v) is 1.79. The first-order chi connectivity index (χ1) is 5.66. The number of rotatable bonds is 0. The van der Waals surface area contributed by atoms with Crippen LogP contribution in [0.25, 0.3) is 11.0 Å². The zero-order chi connectivity index (χ0) is 8.72. The molecule has 2 heterocycles. The summed E-state index contributed by atoms with van der Waals surface area (Å²) in [7, 11) is 0. The van der Waals surface area contributed by atoms with Crippen molar-refractivity contribution in [2.45, 2.75) is 13.8 Å². The highest BCUT2D eigenvalue weighted by molar-refractivity contribution is 5.76. The topological polar surface area (TPSA) is 46.0 Å². The van der Waals surface area contributed by atoms with E-state index < -0.39 is 0 Å². The molecule has 0 aromatic carbocycles. The van der Waals surface area contributed by atoms with E-state index in [4.69, 9.17) is 4.42 Å². The number of furan rings is 1. The lowest BCUT2D eigenvalue weighted by atomic mass is 10.3. The first-order valence-electron chi connectivity index (χ1n) is 3.77. The number of hydrogen-bond donors (Lipinski definition) is 1. The fourth-order valence-electron chi connectivity index (χ4n) is 1.30. The molecule has 0 saturated heterocycles. The third-order valence-electron chi connectivity index (χ3n) is 1.79. The predicted molar refractivity (Wildman–Crippen MR) is 46.3 cm³/mol. The molecule has 0 radical (unpaired) electrons. The van der Waals surface area contributed by atoms with Gasteiger partial charge in [-0.2, -0.15) is 0 Å². The van der Waals surface area contributed by atoms with Crippen LogP contribution in [0.2, 0.25) is 0 Å². The summed E-state index contributed by atoms with van der Waals surface area (Å²) >= 11 is 0. The summed E-state index contributed by atoms with van der Waals surface area (Å²) < 4.78 is 5.31. The smallest absolute Gasteiger partial charge is 0.259 e. The van der Waals surface area contributed by atoms with Crippen LogP contribution in [0.15, 0.2) is 21.3 Å². The van der Waals surface area contributed by atoms with Crippen molar-refractivity contribution < 1.29 is 4.42 Å². The van der Waals surface area contributed by atoms with Crippen LogP contribution in [0.1, 0.15) is 11.5 Å². The Labute approximate surface area is 69.0 Å². The van der Waals surface area contributed by atoms with Gasteiger partial charge in [0.15, 0.2) is 0 Å². The van der Waals surface area contributed by atoms with E-state index in [-0.39, 0.29) is 5.56 Å². The first kappa shape index (κ1) is 7.16. The molecule has 0 unspecified atom stereocenters. The van der Waals surface area contributed by atoms with Crippen molar-refractivity contribution >= 4 is 11.0 Å². The summed E-state index contributed by atoms with van der Waals surface area (Å²) in [5, 5.41) is 0.623. The van der Waals surface area contributed by atoms with E-state index in [1.165, 1.54) is 0 Å². The van der Waals surface area contributed by atoms with Crippen LogP contribution < -0.4 is 5.56 Å². The Morgan fingerprint density at radius 3 is 2.83 bits per heavy atom. The minimum atomic E-state index is -0.0816. The Morgan fingerprint density at radius 1 is 1.33 bits per heavy atom. The Bertz CT molecular complexity index is 479. The molecule has 62 valence electrons. The molecule has 0 aliphatic rings. The maximum absolute atomic E-state index is 11.3. The number of pyridine rings is 1. The number of hydrogen-bond acceptors (Lipinski definition) is 2. The normalized spacial score (nSPS) is 10.8. The summed E-state index contributed by atoms with van der Waals surface area (Å²) in [6.45, 7) is 3.66. The van der Waals surface area contributed by atoms with Crippen LogP contribution in [-0.4, -0.2) is 4.98 Å². The van der Waals surface area contributed by atoms with Crippen molar-refractivity contribution in [3.8, 4) is 0 Å². The third kappa shape index (κ3) is 0.942. The van der Waals surface area contributed by atoms with Crippen LogP contribution in [-0.2, 0) is 0 Å². The van der Waals surface area contributed by atoms with Crippen LogP contribution in [0.4, 0.5) is 0 Å². The monoisotopic (exact) mass is 163 g/mol. The fraction of sp³-hybridized carbons (Fsp3) is 0.222. The molecule has 2 aromatic rings. The fourth-order valence-corrected chi connectivity index (χ4v) is 1.30. The van der Waals surface area contributed by atoms with E-state index >= 15 is 0 Å². The molecule has 0 aliphatic heterocycles. The average Bonchev–Trinajstić information content (AvgIpc) is 2.29. The number of nitrogens with one attached hydrogen (secondary N) is 1. The van der Waals surface area contributed by atoms with Crippen molar-refractivity contribution in [2.24, 2.45) is 0 Å². The van der Waals surface area contributed by atoms with Gasteiger partial charge in [-0.05, 0) is 19.9 Å². The van der Waals surface area contributed by atoms with Gasteiger partial charge in [0, 0.05) is 11.8 Å². The minimum Gasteiger partial charge on any atom is -0.461 e. The van der Waals surface area contributed by atoms with Crippen LogP contribution in [0, 0.1) is 13.8 Å². The lowest BCUT2D eigenvalue weighted by Gasteiger charge is -1.90. The van der Waals surface area contributed by atoms with Gasteiger partial charge < -0.3 is 9.40 Å². The van der Waals surface area contributed by atoms with Gasteiger partial charge in [0.2, 0.25) is 0 Å². The summed E-state index contributed by atoms with van der Waals surface area (Å²) in [5.41, 5.74) is 1.40. The molecule has 0 fully saturated rings. The molecule has 0 aliphatic carbocycles. The van der Waals surface area contributed by atoms with Crippen LogP contribution in [0.5, 0.6) is 0 Å². The summed E-state index contributed by atoms with van der Waals surface area (Å²) in [5.74, 6) is 0.765. The molecular weight excluding hydrogens is 154 g/mol. The number of aromatic nitrogens is 1. The van der Waals surface area contributed by atoms with Gasteiger partial charge in [0.1, 0.15) is 11.3 Å². The van der Waals surface area contributed by atoms with Gasteiger partial charge >= 0.3 is 0 Å². The maximum Gasteiger partial charge on any atom is 0.259 e. The molecule has 3 nitrogen and oxygen atoms in total. The van der Waals surface area contributed by atoms with E-state index in [0.717, 1.165) is 11.5 Å². The SMILES string of the molecule is Cc1cc2oc(C)cc2c(=O)[nH]1. The van der Waals surface area contributed by atoms with Crippen LogP contribution in [0.3, 0.4) is 0 Å². The molecule has 0 bridgehead atoms. The minimum absolute atomic E-state index is 0.0816. The summed E-state index contributed by atoms with van der Waals surface area (Å²) in [6, 6.07) is 3.57. The van der Waals surface area contributed by atoms with Crippen molar-refractivity contribution in [2.75, 3.05) is 0 Å². The highest BCUT2D eigenvalue weighted by Crippen LogP contribution is 2.14. The van der Waals surface area contributed by atoms with Gasteiger partial charge in [-0.15, -0.1) is 0 Å². The molecule has 1 N–H and O–H groups in total. The highest BCUT2D eigenvalue weighted by Gasteiger charge is 2.03. The molecule has 2 rings (SSSR count). The van der Waals surface area contributed by atoms with Crippen LogP contribution >= 0.6 is 0 Å². The lowest BCUT2D eigenvalue weighted by Crippen LogP contribution is -2.05. The molecule has 0 atom stereocenters.